The number of nitrogens with one attached hydrogen (secondary N) is 1. The first-order valence-corrected chi connectivity index (χ1v) is 9.05. The second kappa shape index (κ2) is 8.26. The Hall–Kier alpha value is -2.80. The topological polar surface area (TPSA) is 82.9 Å². The third-order valence-corrected chi connectivity index (χ3v) is 4.62. The van der Waals surface area contributed by atoms with Crippen LogP contribution in [0.3, 0.4) is 0 Å². The highest BCUT2D eigenvalue weighted by molar-refractivity contribution is 6.35. The lowest BCUT2D eigenvalue weighted by atomic mass is 10.2. The SMILES string of the molecule is CCN1CCN(CC(=O)NCc2ccc(-c3ccc(Cl)cc3)o2)C(=O)C1=O. The highest BCUT2D eigenvalue weighted by Crippen LogP contribution is 2.23. The highest BCUT2D eigenvalue weighted by Gasteiger charge is 2.32. The summed E-state index contributed by atoms with van der Waals surface area (Å²) in [6, 6.07) is 10.8. The van der Waals surface area contributed by atoms with E-state index >= 15 is 0 Å². The van der Waals surface area contributed by atoms with Gasteiger partial charge in [0, 0.05) is 30.2 Å². The second-order valence-electron chi connectivity index (χ2n) is 6.16. The molecule has 1 aromatic carbocycles. The summed E-state index contributed by atoms with van der Waals surface area (Å²) >= 11 is 5.87. The number of rotatable bonds is 6. The van der Waals surface area contributed by atoms with Gasteiger partial charge in [0.25, 0.3) is 0 Å². The van der Waals surface area contributed by atoms with Crippen molar-refractivity contribution >= 4 is 29.3 Å². The zero-order chi connectivity index (χ0) is 19.4. The van der Waals surface area contributed by atoms with Crippen LogP contribution in [0.2, 0.25) is 5.02 Å². The fourth-order valence-corrected chi connectivity index (χ4v) is 2.95. The first-order valence-electron chi connectivity index (χ1n) is 8.67. The molecule has 2 aromatic rings. The van der Waals surface area contributed by atoms with E-state index in [-0.39, 0.29) is 19.0 Å². The van der Waals surface area contributed by atoms with Gasteiger partial charge in [0.05, 0.1) is 6.54 Å². The van der Waals surface area contributed by atoms with E-state index in [1.165, 1.54) is 9.80 Å². The van der Waals surface area contributed by atoms with Crippen LogP contribution in [0.1, 0.15) is 12.7 Å². The number of benzene rings is 1. The fourth-order valence-electron chi connectivity index (χ4n) is 2.82. The number of carbonyl (C=O) groups is 3. The molecule has 0 unspecified atom stereocenters. The van der Waals surface area contributed by atoms with Gasteiger partial charge in [-0.15, -0.1) is 0 Å². The number of amides is 3. The molecule has 7 nitrogen and oxygen atoms in total. The molecular formula is C19H20ClN3O4. The van der Waals surface area contributed by atoms with Crippen LogP contribution in [-0.4, -0.2) is 53.7 Å². The summed E-state index contributed by atoms with van der Waals surface area (Å²) in [7, 11) is 0. The van der Waals surface area contributed by atoms with Crippen LogP contribution in [-0.2, 0) is 20.9 Å². The molecule has 1 aliphatic heterocycles. The molecule has 27 heavy (non-hydrogen) atoms. The summed E-state index contributed by atoms with van der Waals surface area (Å²) in [5, 5.41) is 3.35. The van der Waals surface area contributed by atoms with Gasteiger partial charge >= 0.3 is 11.8 Å². The predicted molar refractivity (Wildman–Crippen MR) is 99.8 cm³/mol. The lowest BCUT2D eigenvalue weighted by Gasteiger charge is -2.32. The Morgan fingerprint density at radius 2 is 1.74 bits per heavy atom. The molecule has 8 heteroatoms. The average Bonchev–Trinajstić information content (AvgIpc) is 3.14. The maximum absolute atomic E-state index is 12.1. The van der Waals surface area contributed by atoms with Gasteiger partial charge in [-0.25, -0.2) is 0 Å². The smallest absolute Gasteiger partial charge is 0.312 e. The Labute approximate surface area is 161 Å². The van der Waals surface area contributed by atoms with Crippen molar-refractivity contribution in [1.29, 1.82) is 0 Å². The van der Waals surface area contributed by atoms with Crippen LogP contribution in [0.4, 0.5) is 0 Å². The van der Waals surface area contributed by atoms with Gasteiger partial charge in [-0.3, -0.25) is 14.4 Å². The molecule has 0 atom stereocenters. The maximum atomic E-state index is 12.1. The molecule has 1 saturated heterocycles. The van der Waals surface area contributed by atoms with Crippen LogP contribution >= 0.6 is 11.6 Å². The first kappa shape index (κ1) is 19.0. The normalized spacial score (nSPS) is 14.6. The summed E-state index contributed by atoms with van der Waals surface area (Å²) in [5.74, 6) is -0.277. The van der Waals surface area contributed by atoms with Crippen molar-refractivity contribution in [2.75, 3.05) is 26.2 Å². The standard InChI is InChI=1S/C19H20ClN3O4/c1-2-22-9-10-23(19(26)18(22)25)12-17(24)21-11-15-7-8-16(27-15)13-3-5-14(20)6-4-13/h3-8H,2,9-12H2,1H3,(H,21,24). The van der Waals surface area contributed by atoms with E-state index in [2.05, 4.69) is 5.32 Å². The van der Waals surface area contributed by atoms with Gasteiger partial charge in [-0.1, -0.05) is 11.6 Å². The van der Waals surface area contributed by atoms with E-state index in [1.54, 1.807) is 18.2 Å². The minimum absolute atomic E-state index is 0.146. The van der Waals surface area contributed by atoms with E-state index < -0.39 is 11.8 Å². The summed E-state index contributed by atoms with van der Waals surface area (Å²) in [6.07, 6.45) is 0. The lowest BCUT2D eigenvalue weighted by molar-refractivity contribution is -0.156. The Morgan fingerprint density at radius 3 is 2.44 bits per heavy atom. The summed E-state index contributed by atoms with van der Waals surface area (Å²) < 4.78 is 5.72. The Morgan fingerprint density at radius 1 is 1.07 bits per heavy atom. The number of nitrogens with zero attached hydrogens (tertiary/aromatic N) is 2. The number of furan rings is 1. The zero-order valence-electron chi connectivity index (χ0n) is 14.9. The van der Waals surface area contributed by atoms with Crippen LogP contribution in [0.25, 0.3) is 11.3 Å². The van der Waals surface area contributed by atoms with Crippen LogP contribution in [0.5, 0.6) is 0 Å². The average molecular weight is 390 g/mol. The van der Waals surface area contributed by atoms with E-state index in [9.17, 15) is 14.4 Å². The molecular weight excluding hydrogens is 370 g/mol. The third kappa shape index (κ3) is 4.49. The molecule has 1 aromatic heterocycles. The van der Waals surface area contributed by atoms with Crippen molar-refractivity contribution in [3.63, 3.8) is 0 Å². The quantitative estimate of drug-likeness (QED) is 0.765. The number of likely N-dealkylation sites (N-methyl/N-ethyl adjacent to an activating group) is 1. The fraction of sp³-hybridized carbons (Fsp3) is 0.316. The Balaban J connectivity index is 1.52. The molecule has 1 N–H and O–H groups in total. The largest absolute Gasteiger partial charge is 0.459 e. The monoisotopic (exact) mass is 389 g/mol. The van der Waals surface area contributed by atoms with Crippen LogP contribution < -0.4 is 5.32 Å². The van der Waals surface area contributed by atoms with E-state index in [1.807, 2.05) is 25.1 Å². The van der Waals surface area contributed by atoms with Gasteiger partial charge in [0.15, 0.2) is 0 Å². The number of piperazine rings is 1. The van der Waals surface area contributed by atoms with Gasteiger partial charge in [0.2, 0.25) is 5.91 Å². The Kier molecular flexibility index (Phi) is 5.81. The van der Waals surface area contributed by atoms with Gasteiger partial charge in [0.1, 0.15) is 18.1 Å². The van der Waals surface area contributed by atoms with Crippen molar-refractivity contribution < 1.29 is 18.8 Å². The molecule has 142 valence electrons. The maximum Gasteiger partial charge on any atom is 0.312 e. The molecule has 0 saturated carbocycles. The third-order valence-electron chi connectivity index (χ3n) is 4.36. The molecule has 0 spiro atoms. The van der Waals surface area contributed by atoms with Crippen molar-refractivity contribution in [1.82, 2.24) is 15.1 Å². The minimum Gasteiger partial charge on any atom is -0.459 e. The molecule has 2 heterocycles. The van der Waals surface area contributed by atoms with Gasteiger partial charge in [-0.2, -0.15) is 0 Å². The number of halogens is 1. The summed E-state index contributed by atoms with van der Waals surface area (Å²) in [5.41, 5.74) is 0.884. The van der Waals surface area contributed by atoms with Crippen LogP contribution in [0.15, 0.2) is 40.8 Å². The molecule has 0 bridgehead atoms. The molecule has 0 radical (unpaired) electrons. The van der Waals surface area contributed by atoms with Crippen LogP contribution in [0, 0.1) is 0 Å². The zero-order valence-corrected chi connectivity index (χ0v) is 15.7. The van der Waals surface area contributed by atoms with Crippen molar-refractivity contribution in [3.05, 3.63) is 47.2 Å². The van der Waals surface area contributed by atoms with E-state index in [0.717, 1.165) is 5.56 Å². The van der Waals surface area contributed by atoms with Crippen molar-refractivity contribution in [3.8, 4) is 11.3 Å². The molecule has 0 aliphatic carbocycles. The van der Waals surface area contributed by atoms with E-state index in [0.29, 0.717) is 36.2 Å². The Bertz CT molecular complexity index is 847. The molecule has 3 amide bonds. The molecule has 1 fully saturated rings. The summed E-state index contributed by atoms with van der Waals surface area (Å²) in [4.78, 5) is 38.7. The van der Waals surface area contributed by atoms with Crippen molar-refractivity contribution in [2.45, 2.75) is 13.5 Å². The summed E-state index contributed by atoms with van der Waals surface area (Å²) in [6.45, 7) is 3.15. The first-order chi connectivity index (χ1) is 13.0. The second-order valence-corrected chi connectivity index (χ2v) is 6.60. The molecule has 1 aliphatic rings. The predicted octanol–water partition coefficient (Wildman–Crippen LogP) is 1.91. The van der Waals surface area contributed by atoms with E-state index in [4.69, 9.17) is 16.0 Å². The minimum atomic E-state index is -0.638. The lowest BCUT2D eigenvalue weighted by Crippen LogP contribution is -2.56. The molecule has 3 rings (SSSR count). The number of carbonyl (C=O) groups excluding carboxylic acids is 3. The van der Waals surface area contributed by atoms with Gasteiger partial charge in [-0.05, 0) is 43.3 Å². The number of hydrogen-bond acceptors (Lipinski definition) is 4. The van der Waals surface area contributed by atoms with Crippen molar-refractivity contribution in [2.24, 2.45) is 0 Å². The highest BCUT2D eigenvalue weighted by atomic mass is 35.5. The van der Waals surface area contributed by atoms with Gasteiger partial charge < -0.3 is 19.5 Å². The number of hydrogen-bond donors (Lipinski definition) is 1.